The third-order valence-electron chi connectivity index (χ3n) is 5.14. The summed E-state index contributed by atoms with van der Waals surface area (Å²) in [6, 6.07) is 7.36. The lowest BCUT2D eigenvalue weighted by molar-refractivity contribution is -0.153. The summed E-state index contributed by atoms with van der Waals surface area (Å²) in [7, 11) is 0. The van der Waals surface area contributed by atoms with Crippen LogP contribution in [0.3, 0.4) is 0 Å². The molecule has 0 saturated heterocycles. The summed E-state index contributed by atoms with van der Waals surface area (Å²) in [6.45, 7) is 8.47. The average molecular weight is 316 g/mol. The van der Waals surface area contributed by atoms with Crippen LogP contribution in [0, 0.1) is 24.7 Å². The highest BCUT2D eigenvalue weighted by Crippen LogP contribution is 2.35. The molecule has 3 heteroatoms. The predicted molar refractivity (Wildman–Crippen MR) is 91.3 cm³/mol. The van der Waals surface area contributed by atoms with E-state index in [-0.39, 0.29) is 24.3 Å². The largest absolute Gasteiger partial charge is 0.462 e. The molecular weight excluding hydrogens is 288 g/mol. The van der Waals surface area contributed by atoms with Crippen molar-refractivity contribution < 1.29 is 14.3 Å². The molecule has 0 amide bonds. The van der Waals surface area contributed by atoms with E-state index in [2.05, 4.69) is 20.8 Å². The minimum atomic E-state index is -0.389. The fraction of sp³-hybridized carbons (Fsp3) is 0.600. The molecule has 0 aliphatic heterocycles. The summed E-state index contributed by atoms with van der Waals surface area (Å²) in [5.41, 5.74) is 1.51. The number of ketones is 1. The number of esters is 1. The van der Waals surface area contributed by atoms with Crippen molar-refractivity contribution in [1.82, 2.24) is 0 Å². The van der Waals surface area contributed by atoms with Gasteiger partial charge in [-0.1, -0.05) is 45.0 Å². The van der Waals surface area contributed by atoms with E-state index in [0.29, 0.717) is 23.3 Å². The number of hydrogen-bond donors (Lipinski definition) is 0. The Kier molecular flexibility index (Phi) is 5.97. The van der Waals surface area contributed by atoms with Crippen molar-refractivity contribution in [3.8, 4) is 0 Å². The van der Waals surface area contributed by atoms with Crippen LogP contribution in [0.2, 0.25) is 0 Å². The van der Waals surface area contributed by atoms with Gasteiger partial charge in [-0.3, -0.25) is 9.59 Å². The number of ether oxygens (including phenoxy) is 1. The van der Waals surface area contributed by atoms with Crippen molar-refractivity contribution in [2.45, 2.75) is 59.5 Å². The van der Waals surface area contributed by atoms with Crippen molar-refractivity contribution >= 4 is 11.8 Å². The molecule has 1 aliphatic carbocycles. The van der Waals surface area contributed by atoms with Gasteiger partial charge in [-0.15, -0.1) is 0 Å². The van der Waals surface area contributed by atoms with E-state index in [1.165, 1.54) is 6.42 Å². The third-order valence-corrected chi connectivity index (χ3v) is 5.14. The van der Waals surface area contributed by atoms with Crippen LogP contribution in [0.15, 0.2) is 24.3 Å². The first kappa shape index (κ1) is 17.7. The molecule has 3 atom stereocenters. The molecule has 126 valence electrons. The van der Waals surface area contributed by atoms with Crippen molar-refractivity contribution in [1.29, 1.82) is 0 Å². The average Bonchev–Trinajstić information content (AvgIpc) is 2.49. The van der Waals surface area contributed by atoms with Gasteiger partial charge in [-0.25, -0.2) is 0 Å². The molecular formula is C20H28O3. The normalized spacial score (nSPS) is 24.5. The topological polar surface area (TPSA) is 43.4 Å². The smallest absolute Gasteiger partial charge is 0.313 e. The monoisotopic (exact) mass is 316 g/mol. The molecule has 0 heterocycles. The summed E-state index contributed by atoms with van der Waals surface area (Å²) in [5, 5.41) is 0. The second-order valence-corrected chi connectivity index (χ2v) is 7.24. The molecule has 1 aromatic rings. The first-order valence-electron chi connectivity index (χ1n) is 8.66. The molecule has 1 aromatic carbocycles. The van der Waals surface area contributed by atoms with Crippen molar-refractivity contribution in [2.75, 3.05) is 0 Å². The van der Waals surface area contributed by atoms with E-state index in [0.717, 1.165) is 18.4 Å². The van der Waals surface area contributed by atoms with Gasteiger partial charge in [0.05, 0.1) is 0 Å². The van der Waals surface area contributed by atoms with E-state index >= 15 is 0 Å². The fourth-order valence-electron chi connectivity index (χ4n) is 3.40. The lowest BCUT2D eigenvalue weighted by atomic mass is 9.76. The maximum Gasteiger partial charge on any atom is 0.313 e. The maximum atomic E-state index is 12.3. The second-order valence-electron chi connectivity index (χ2n) is 7.24. The minimum Gasteiger partial charge on any atom is -0.462 e. The fourth-order valence-corrected chi connectivity index (χ4v) is 3.40. The Morgan fingerprint density at radius 3 is 2.57 bits per heavy atom. The van der Waals surface area contributed by atoms with Crippen molar-refractivity contribution in [3.05, 3.63) is 35.4 Å². The van der Waals surface area contributed by atoms with Gasteiger partial charge in [0.25, 0.3) is 0 Å². The number of benzene rings is 1. The summed E-state index contributed by atoms with van der Waals surface area (Å²) in [6.07, 6.45) is 3.00. The van der Waals surface area contributed by atoms with Crippen molar-refractivity contribution in [3.63, 3.8) is 0 Å². The Morgan fingerprint density at radius 2 is 1.91 bits per heavy atom. The molecule has 1 saturated carbocycles. The number of carbonyl (C=O) groups excluding carboxylic acids is 2. The number of Topliss-reactive ketones (excluding diaryl/α,β-unsaturated/α-hetero) is 1. The van der Waals surface area contributed by atoms with Gasteiger partial charge in [0, 0.05) is 5.56 Å². The molecule has 0 N–H and O–H groups in total. The summed E-state index contributed by atoms with van der Waals surface area (Å²) < 4.78 is 5.66. The van der Waals surface area contributed by atoms with Crippen LogP contribution >= 0.6 is 0 Å². The second kappa shape index (κ2) is 7.76. The molecule has 0 radical (unpaired) electrons. The molecule has 1 fully saturated rings. The summed E-state index contributed by atoms with van der Waals surface area (Å²) >= 11 is 0. The predicted octanol–water partition coefficient (Wildman–Crippen LogP) is 4.57. The zero-order valence-corrected chi connectivity index (χ0v) is 14.7. The highest BCUT2D eigenvalue weighted by atomic mass is 16.5. The van der Waals surface area contributed by atoms with Crippen LogP contribution in [-0.2, 0) is 9.53 Å². The molecule has 0 spiro atoms. The lowest BCUT2D eigenvalue weighted by Crippen LogP contribution is -2.34. The quantitative estimate of drug-likeness (QED) is 0.454. The van der Waals surface area contributed by atoms with Gasteiger partial charge in [0.2, 0.25) is 0 Å². The Bertz CT molecular complexity index is 562. The van der Waals surface area contributed by atoms with Crippen LogP contribution in [0.5, 0.6) is 0 Å². The van der Waals surface area contributed by atoms with Crippen LogP contribution in [0.1, 0.15) is 62.4 Å². The maximum absolute atomic E-state index is 12.3. The first-order valence-corrected chi connectivity index (χ1v) is 8.66. The Hall–Kier alpha value is -1.64. The van der Waals surface area contributed by atoms with E-state index in [1.807, 2.05) is 25.1 Å². The van der Waals surface area contributed by atoms with Gasteiger partial charge in [0.1, 0.15) is 12.5 Å². The van der Waals surface area contributed by atoms with Crippen LogP contribution in [0.25, 0.3) is 0 Å². The number of rotatable bonds is 5. The number of aryl methyl sites for hydroxylation is 1. The molecule has 1 aliphatic rings. The number of carbonyl (C=O) groups is 2. The van der Waals surface area contributed by atoms with Crippen molar-refractivity contribution in [2.24, 2.45) is 17.8 Å². The molecule has 3 nitrogen and oxygen atoms in total. The third kappa shape index (κ3) is 4.66. The molecule has 0 unspecified atom stereocenters. The summed E-state index contributed by atoms with van der Waals surface area (Å²) in [4.78, 5) is 24.5. The van der Waals surface area contributed by atoms with E-state index in [9.17, 15) is 9.59 Å². The van der Waals surface area contributed by atoms with E-state index in [4.69, 9.17) is 4.74 Å². The highest BCUT2D eigenvalue weighted by Gasteiger charge is 2.32. The molecule has 2 rings (SSSR count). The first-order chi connectivity index (χ1) is 10.9. The Morgan fingerprint density at radius 1 is 1.22 bits per heavy atom. The van der Waals surface area contributed by atoms with Gasteiger partial charge in [-0.05, 0) is 49.5 Å². The SMILES string of the molecule is Cc1ccccc1C(=O)CC(=O)O[C@@H]1C[C@H](C(C)C)CC[C@H]1C. The zero-order chi connectivity index (χ0) is 17.0. The van der Waals surface area contributed by atoms with E-state index in [1.54, 1.807) is 6.07 Å². The van der Waals surface area contributed by atoms with E-state index < -0.39 is 0 Å². The van der Waals surface area contributed by atoms with Gasteiger partial charge in [-0.2, -0.15) is 0 Å². The van der Waals surface area contributed by atoms with Crippen LogP contribution in [0.4, 0.5) is 0 Å². The Balaban J connectivity index is 1.93. The highest BCUT2D eigenvalue weighted by molar-refractivity contribution is 6.06. The Labute approximate surface area is 139 Å². The molecule has 23 heavy (non-hydrogen) atoms. The lowest BCUT2D eigenvalue weighted by Gasteiger charge is -2.35. The summed E-state index contributed by atoms with van der Waals surface area (Å²) in [5.74, 6) is 1.05. The van der Waals surface area contributed by atoms with Crippen LogP contribution < -0.4 is 0 Å². The van der Waals surface area contributed by atoms with Gasteiger partial charge >= 0.3 is 5.97 Å². The van der Waals surface area contributed by atoms with Gasteiger partial charge < -0.3 is 4.74 Å². The standard InChI is InChI=1S/C20H28O3/c1-13(2)16-10-9-15(4)19(11-16)23-20(22)12-18(21)17-8-6-5-7-14(17)3/h5-8,13,15-16,19H,9-12H2,1-4H3/t15-,16-,19-/m1/s1. The minimum absolute atomic E-state index is 0.0479. The number of hydrogen-bond acceptors (Lipinski definition) is 3. The molecule has 0 bridgehead atoms. The van der Waals surface area contributed by atoms with Gasteiger partial charge in [0.15, 0.2) is 5.78 Å². The zero-order valence-electron chi connectivity index (χ0n) is 14.7. The molecule has 0 aromatic heterocycles. The van der Waals surface area contributed by atoms with Crippen LogP contribution in [-0.4, -0.2) is 17.9 Å².